The fourth-order valence-electron chi connectivity index (χ4n) is 6.24. The topological polar surface area (TPSA) is 83.2 Å². The number of carbonyl (C=O) groups is 2. The fourth-order valence-corrected chi connectivity index (χ4v) is 6.24. The molecule has 0 aromatic carbocycles. The normalized spacial score (nSPS) is 38.3. The number of allylic oxidation sites excluding steroid dienone is 1. The van der Waals surface area contributed by atoms with E-state index in [1.165, 1.54) is 11.8 Å². The second-order valence-electron chi connectivity index (χ2n) is 9.87. The van der Waals surface area contributed by atoms with Gasteiger partial charge in [-0.15, -0.1) is 0 Å². The summed E-state index contributed by atoms with van der Waals surface area (Å²) >= 11 is 0. The number of hydrogen-bond donors (Lipinski definition) is 1. The van der Waals surface area contributed by atoms with Crippen LogP contribution < -0.4 is 0 Å². The van der Waals surface area contributed by atoms with Gasteiger partial charge in [-0.2, -0.15) is 0 Å². The standard InChI is InChI=1S/C24H32N2O5/c1-15-5-3-6-16-13-19-20(21(27)24(15,16)2)17(23(29)31-19)14-25-8-10-26(11-9-25)22(28)18-7-4-12-30-18/h4,6-7,12,15,17,19-21,27H,3,5,8-11,13-14H2,1-2H3/t15-,17-,19-,20-,21-,24-/m1/s1. The summed E-state index contributed by atoms with van der Waals surface area (Å²) in [6.45, 7) is 7.55. The van der Waals surface area contributed by atoms with Crippen molar-refractivity contribution in [3.05, 3.63) is 35.8 Å². The highest BCUT2D eigenvalue weighted by Gasteiger charge is 2.59. The molecule has 0 bridgehead atoms. The Bertz CT molecular complexity index is 873. The molecular weight excluding hydrogens is 396 g/mol. The van der Waals surface area contributed by atoms with Crippen molar-refractivity contribution in [2.75, 3.05) is 32.7 Å². The number of esters is 1. The molecule has 6 atom stereocenters. The van der Waals surface area contributed by atoms with Crippen LogP contribution in [0.3, 0.4) is 0 Å². The molecule has 0 spiro atoms. The van der Waals surface area contributed by atoms with Crippen LogP contribution in [0.15, 0.2) is 34.5 Å². The minimum atomic E-state index is -0.578. The van der Waals surface area contributed by atoms with Crippen molar-refractivity contribution in [3.63, 3.8) is 0 Å². The molecule has 3 heterocycles. The van der Waals surface area contributed by atoms with Crippen LogP contribution in [0.4, 0.5) is 0 Å². The smallest absolute Gasteiger partial charge is 0.311 e. The summed E-state index contributed by atoms with van der Waals surface area (Å²) in [5, 5.41) is 11.5. The van der Waals surface area contributed by atoms with E-state index in [9.17, 15) is 14.7 Å². The molecule has 31 heavy (non-hydrogen) atoms. The van der Waals surface area contributed by atoms with Crippen LogP contribution in [0.2, 0.25) is 0 Å². The molecule has 0 unspecified atom stereocenters. The molecule has 7 heteroatoms. The minimum Gasteiger partial charge on any atom is -0.461 e. The zero-order valence-electron chi connectivity index (χ0n) is 18.3. The molecule has 7 nitrogen and oxygen atoms in total. The molecule has 1 saturated carbocycles. The van der Waals surface area contributed by atoms with E-state index in [0.717, 1.165) is 19.3 Å². The van der Waals surface area contributed by atoms with Gasteiger partial charge in [0.15, 0.2) is 5.76 Å². The van der Waals surface area contributed by atoms with Gasteiger partial charge in [-0.1, -0.05) is 25.5 Å². The van der Waals surface area contributed by atoms with E-state index in [-0.39, 0.29) is 35.2 Å². The highest BCUT2D eigenvalue weighted by Crippen LogP contribution is 2.56. The third-order valence-electron chi connectivity index (χ3n) is 8.42. The number of piperazine rings is 1. The number of hydrogen-bond acceptors (Lipinski definition) is 6. The first-order valence-corrected chi connectivity index (χ1v) is 11.5. The van der Waals surface area contributed by atoms with E-state index in [0.29, 0.717) is 44.4 Å². The summed E-state index contributed by atoms with van der Waals surface area (Å²) in [6.07, 6.45) is 5.82. The molecule has 5 rings (SSSR count). The molecule has 2 aliphatic carbocycles. The van der Waals surface area contributed by atoms with E-state index >= 15 is 0 Å². The lowest BCUT2D eigenvalue weighted by atomic mass is 9.55. The van der Waals surface area contributed by atoms with E-state index < -0.39 is 6.10 Å². The van der Waals surface area contributed by atoms with Crippen LogP contribution in [-0.2, 0) is 9.53 Å². The molecule has 2 saturated heterocycles. The monoisotopic (exact) mass is 428 g/mol. The van der Waals surface area contributed by atoms with E-state index in [1.54, 1.807) is 17.0 Å². The Morgan fingerprint density at radius 3 is 2.77 bits per heavy atom. The number of carbonyl (C=O) groups excluding carboxylic acids is 2. The van der Waals surface area contributed by atoms with Crippen LogP contribution in [-0.4, -0.2) is 71.7 Å². The molecule has 1 aromatic rings. The van der Waals surface area contributed by atoms with Crippen molar-refractivity contribution in [1.29, 1.82) is 0 Å². The second kappa shape index (κ2) is 7.78. The molecule has 1 N–H and O–H groups in total. The van der Waals surface area contributed by atoms with Crippen LogP contribution >= 0.6 is 0 Å². The Labute approximate surface area is 183 Å². The van der Waals surface area contributed by atoms with Gasteiger partial charge < -0.3 is 19.2 Å². The predicted octanol–water partition coefficient (Wildman–Crippen LogP) is 2.32. The lowest BCUT2D eigenvalue weighted by Gasteiger charge is -2.52. The van der Waals surface area contributed by atoms with Crippen molar-refractivity contribution in [3.8, 4) is 0 Å². The first kappa shape index (κ1) is 20.8. The summed E-state index contributed by atoms with van der Waals surface area (Å²) < 4.78 is 11.0. The van der Waals surface area contributed by atoms with Gasteiger partial charge >= 0.3 is 5.97 Å². The summed E-state index contributed by atoms with van der Waals surface area (Å²) in [4.78, 5) is 29.3. The maximum Gasteiger partial charge on any atom is 0.311 e. The average Bonchev–Trinajstić information content (AvgIpc) is 3.39. The highest BCUT2D eigenvalue weighted by molar-refractivity contribution is 5.91. The van der Waals surface area contributed by atoms with Gasteiger partial charge in [-0.25, -0.2) is 0 Å². The number of nitrogens with zero attached hydrogens (tertiary/aromatic N) is 2. The van der Waals surface area contributed by atoms with Gasteiger partial charge in [-0.3, -0.25) is 14.5 Å². The number of rotatable bonds is 3. The fraction of sp³-hybridized carbons (Fsp3) is 0.667. The zero-order chi connectivity index (χ0) is 21.8. The number of aliphatic hydroxyl groups is 1. The Morgan fingerprint density at radius 2 is 2.06 bits per heavy atom. The minimum absolute atomic E-state index is 0.0915. The number of ether oxygens (including phenoxy) is 1. The summed E-state index contributed by atoms with van der Waals surface area (Å²) in [5.74, 6) is -0.0154. The molecular formula is C24H32N2O5. The van der Waals surface area contributed by atoms with Crippen molar-refractivity contribution in [2.24, 2.45) is 23.2 Å². The SMILES string of the molecule is C[C@@H]1CCC=C2C[C@H]3OC(=O)[C@H](CN4CCN(C(=O)c5ccco5)CC4)[C@H]3[C@@H](O)[C@@]21C. The number of amides is 1. The number of furan rings is 1. The Hall–Kier alpha value is -2.12. The first-order valence-electron chi connectivity index (χ1n) is 11.5. The van der Waals surface area contributed by atoms with Gasteiger partial charge in [0, 0.05) is 50.5 Å². The first-order chi connectivity index (χ1) is 14.9. The van der Waals surface area contributed by atoms with E-state index in [1.807, 2.05) is 0 Å². The Morgan fingerprint density at radius 1 is 1.29 bits per heavy atom. The molecule has 0 radical (unpaired) electrons. The maximum absolute atomic E-state index is 12.8. The van der Waals surface area contributed by atoms with Crippen molar-refractivity contribution in [1.82, 2.24) is 9.80 Å². The van der Waals surface area contributed by atoms with Crippen molar-refractivity contribution < 1.29 is 23.8 Å². The van der Waals surface area contributed by atoms with Crippen LogP contribution in [0.5, 0.6) is 0 Å². The van der Waals surface area contributed by atoms with Gasteiger partial charge in [-0.05, 0) is 30.9 Å². The second-order valence-corrected chi connectivity index (χ2v) is 9.87. The van der Waals surface area contributed by atoms with Gasteiger partial charge in [0.25, 0.3) is 5.91 Å². The van der Waals surface area contributed by atoms with Crippen molar-refractivity contribution in [2.45, 2.75) is 45.3 Å². The van der Waals surface area contributed by atoms with Crippen LogP contribution in [0.1, 0.15) is 43.7 Å². The molecule has 2 aliphatic heterocycles. The lowest BCUT2D eigenvalue weighted by molar-refractivity contribution is -0.145. The molecule has 4 aliphatic rings. The van der Waals surface area contributed by atoms with Gasteiger partial charge in [0.05, 0.1) is 18.3 Å². The third-order valence-corrected chi connectivity index (χ3v) is 8.42. The Balaban J connectivity index is 1.26. The van der Waals surface area contributed by atoms with Crippen molar-refractivity contribution >= 4 is 11.9 Å². The van der Waals surface area contributed by atoms with E-state index in [2.05, 4.69) is 24.8 Å². The van der Waals surface area contributed by atoms with Gasteiger partial charge in [0.1, 0.15) is 6.10 Å². The number of fused-ring (bicyclic) bond motifs is 2. The quantitative estimate of drug-likeness (QED) is 0.588. The average molecular weight is 429 g/mol. The van der Waals surface area contributed by atoms with Crippen LogP contribution in [0, 0.1) is 23.2 Å². The van der Waals surface area contributed by atoms with Crippen LogP contribution in [0.25, 0.3) is 0 Å². The highest BCUT2D eigenvalue weighted by atomic mass is 16.6. The maximum atomic E-state index is 12.8. The summed E-state index contributed by atoms with van der Waals surface area (Å²) in [6, 6.07) is 3.40. The molecule has 168 valence electrons. The Kier molecular flexibility index (Phi) is 5.21. The summed E-state index contributed by atoms with van der Waals surface area (Å²) in [7, 11) is 0. The zero-order valence-corrected chi connectivity index (χ0v) is 18.3. The lowest BCUT2D eigenvalue weighted by Crippen LogP contribution is -2.55. The third kappa shape index (κ3) is 3.33. The van der Waals surface area contributed by atoms with E-state index in [4.69, 9.17) is 9.15 Å². The van der Waals surface area contributed by atoms with Gasteiger partial charge in [0.2, 0.25) is 0 Å². The molecule has 1 aromatic heterocycles. The molecule has 1 amide bonds. The predicted molar refractivity (Wildman–Crippen MR) is 113 cm³/mol. The number of aliphatic hydroxyl groups excluding tert-OH is 1. The molecule has 3 fully saturated rings. The summed E-state index contributed by atoms with van der Waals surface area (Å²) in [5.41, 5.74) is 0.985. The largest absolute Gasteiger partial charge is 0.461 e.